The topological polar surface area (TPSA) is 17.1 Å². The standard InChI is InChI=1S/C12H14O/c1-3-11(8-9-13)12-6-4-10(2)5-7-12/h4-9H,3H2,1-2H3/b11-8-. The molecule has 68 valence electrons. The summed E-state index contributed by atoms with van der Waals surface area (Å²) in [6.45, 7) is 4.11. The molecule has 1 aromatic rings. The van der Waals surface area contributed by atoms with E-state index >= 15 is 0 Å². The third kappa shape index (κ3) is 2.55. The maximum atomic E-state index is 10.3. The van der Waals surface area contributed by atoms with Gasteiger partial charge in [-0.1, -0.05) is 36.8 Å². The van der Waals surface area contributed by atoms with Gasteiger partial charge in [0.1, 0.15) is 6.29 Å². The van der Waals surface area contributed by atoms with E-state index < -0.39 is 0 Å². The van der Waals surface area contributed by atoms with Gasteiger partial charge in [0.05, 0.1) is 0 Å². The molecule has 0 saturated heterocycles. The van der Waals surface area contributed by atoms with Gasteiger partial charge >= 0.3 is 0 Å². The molecule has 0 heterocycles. The van der Waals surface area contributed by atoms with Crippen molar-refractivity contribution >= 4 is 11.9 Å². The van der Waals surface area contributed by atoms with Crippen LogP contribution in [0.2, 0.25) is 0 Å². The van der Waals surface area contributed by atoms with Crippen LogP contribution in [0.15, 0.2) is 30.3 Å². The number of hydrogen-bond donors (Lipinski definition) is 0. The molecule has 1 aromatic carbocycles. The van der Waals surface area contributed by atoms with E-state index in [0.29, 0.717) is 0 Å². The van der Waals surface area contributed by atoms with Gasteiger partial charge in [-0.05, 0) is 30.6 Å². The zero-order valence-electron chi connectivity index (χ0n) is 8.08. The Labute approximate surface area is 79.1 Å². The van der Waals surface area contributed by atoms with Crippen molar-refractivity contribution < 1.29 is 4.79 Å². The first kappa shape index (κ1) is 9.72. The molecule has 1 nitrogen and oxygen atoms in total. The molecule has 0 aliphatic carbocycles. The largest absolute Gasteiger partial charge is 0.299 e. The van der Waals surface area contributed by atoms with Gasteiger partial charge in [-0.2, -0.15) is 0 Å². The van der Waals surface area contributed by atoms with Crippen molar-refractivity contribution in [3.8, 4) is 0 Å². The minimum atomic E-state index is 0.846. The summed E-state index contributed by atoms with van der Waals surface area (Å²) in [4.78, 5) is 10.3. The van der Waals surface area contributed by atoms with Crippen LogP contribution in [0.4, 0.5) is 0 Å². The number of aryl methyl sites for hydroxylation is 1. The molecular weight excluding hydrogens is 160 g/mol. The Morgan fingerprint density at radius 3 is 2.38 bits per heavy atom. The first-order valence-electron chi connectivity index (χ1n) is 4.49. The Morgan fingerprint density at radius 2 is 1.92 bits per heavy atom. The summed E-state index contributed by atoms with van der Waals surface area (Å²) >= 11 is 0. The highest BCUT2D eigenvalue weighted by Crippen LogP contribution is 2.17. The molecule has 0 unspecified atom stereocenters. The summed E-state index contributed by atoms with van der Waals surface area (Å²) in [5.74, 6) is 0. The second kappa shape index (κ2) is 4.61. The lowest BCUT2D eigenvalue weighted by Gasteiger charge is -2.03. The van der Waals surface area contributed by atoms with Gasteiger partial charge in [0.25, 0.3) is 0 Å². The average Bonchev–Trinajstić information content (AvgIpc) is 2.16. The second-order valence-electron chi connectivity index (χ2n) is 3.05. The van der Waals surface area contributed by atoms with E-state index in [9.17, 15) is 4.79 Å². The minimum Gasteiger partial charge on any atom is -0.299 e. The van der Waals surface area contributed by atoms with E-state index in [1.54, 1.807) is 6.08 Å². The molecule has 0 radical (unpaired) electrons. The zero-order chi connectivity index (χ0) is 9.68. The van der Waals surface area contributed by atoms with Gasteiger partial charge in [-0.15, -0.1) is 0 Å². The third-order valence-electron chi connectivity index (χ3n) is 2.07. The summed E-state index contributed by atoms with van der Waals surface area (Å²) < 4.78 is 0. The highest BCUT2D eigenvalue weighted by molar-refractivity contribution is 5.81. The van der Waals surface area contributed by atoms with Gasteiger partial charge in [0.2, 0.25) is 0 Å². The van der Waals surface area contributed by atoms with Gasteiger partial charge in [0.15, 0.2) is 0 Å². The van der Waals surface area contributed by atoms with E-state index in [0.717, 1.165) is 23.8 Å². The smallest absolute Gasteiger partial charge is 0.143 e. The first-order valence-corrected chi connectivity index (χ1v) is 4.49. The van der Waals surface area contributed by atoms with Crippen LogP contribution in [0.1, 0.15) is 24.5 Å². The van der Waals surface area contributed by atoms with Crippen LogP contribution in [0.3, 0.4) is 0 Å². The molecule has 0 aliphatic heterocycles. The molecular formula is C12H14O. The van der Waals surface area contributed by atoms with Crippen LogP contribution in [-0.4, -0.2) is 6.29 Å². The Kier molecular flexibility index (Phi) is 3.44. The normalized spacial score (nSPS) is 11.4. The van der Waals surface area contributed by atoms with Gasteiger partial charge in [0, 0.05) is 0 Å². The van der Waals surface area contributed by atoms with E-state index in [1.807, 2.05) is 12.1 Å². The molecule has 0 bridgehead atoms. The molecule has 0 atom stereocenters. The number of benzene rings is 1. The van der Waals surface area contributed by atoms with Crippen LogP contribution in [0.5, 0.6) is 0 Å². The number of carbonyl (C=O) groups excluding carboxylic acids is 1. The fraction of sp³-hybridized carbons (Fsp3) is 0.250. The molecule has 0 fully saturated rings. The highest BCUT2D eigenvalue weighted by Gasteiger charge is 1.97. The summed E-state index contributed by atoms with van der Waals surface area (Å²) in [6, 6.07) is 8.22. The fourth-order valence-corrected chi connectivity index (χ4v) is 1.27. The van der Waals surface area contributed by atoms with Crippen molar-refractivity contribution in [2.24, 2.45) is 0 Å². The van der Waals surface area contributed by atoms with E-state index in [-0.39, 0.29) is 0 Å². The second-order valence-corrected chi connectivity index (χ2v) is 3.05. The zero-order valence-corrected chi connectivity index (χ0v) is 8.08. The van der Waals surface area contributed by atoms with Crippen molar-refractivity contribution in [3.05, 3.63) is 41.5 Å². The SMILES string of the molecule is CC/C(=C/C=O)c1ccc(C)cc1. The van der Waals surface area contributed by atoms with Gasteiger partial charge < -0.3 is 0 Å². The Bertz CT molecular complexity index is 306. The maximum absolute atomic E-state index is 10.3. The highest BCUT2D eigenvalue weighted by atomic mass is 16.1. The van der Waals surface area contributed by atoms with Crippen LogP contribution < -0.4 is 0 Å². The summed E-state index contributed by atoms with van der Waals surface area (Å²) in [7, 11) is 0. The van der Waals surface area contributed by atoms with Crippen LogP contribution in [0, 0.1) is 6.92 Å². The minimum absolute atomic E-state index is 0.846. The van der Waals surface area contributed by atoms with Crippen LogP contribution in [-0.2, 0) is 4.79 Å². The fourth-order valence-electron chi connectivity index (χ4n) is 1.27. The first-order chi connectivity index (χ1) is 6.27. The summed E-state index contributed by atoms with van der Waals surface area (Å²) in [5.41, 5.74) is 3.47. The van der Waals surface area contributed by atoms with Crippen molar-refractivity contribution in [2.45, 2.75) is 20.3 Å². The predicted octanol–water partition coefficient (Wildman–Crippen LogP) is 2.99. The molecule has 0 amide bonds. The summed E-state index contributed by atoms with van der Waals surface area (Å²) in [6.07, 6.45) is 3.37. The van der Waals surface area contributed by atoms with Crippen LogP contribution in [0.25, 0.3) is 5.57 Å². The van der Waals surface area contributed by atoms with E-state index in [2.05, 4.69) is 26.0 Å². The molecule has 13 heavy (non-hydrogen) atoms. The van der Waals surface area contributed by atoms with Gasteiger partial charge in [-0.3, -0.25) is 4.79 Å². The molecule has 0 aliphatic rings. The Balaban J connectivity index is 2.99. The number of aldehydes is 1. The monoisotopic (exact) mass is 174 g/mol. The number of hydrogen-bond acceptors (Lipinski definition) is 1. The quantitative estimate of drug-likeness (QED) is 0.508. The lowest BCUT2D eigenvalue weighted by molar-refractivity contribution is -0.104. The maximum Gasteiger partial charge on any atom is 0.143 e. The van der Waals surface area contributed by atoms with Gasteiger partial charge in [-0.25, -0.2) is 0 Å². The van der Waals surface area contributed by atoms with E-state index in [4.69, 9.17) is 0 Å². The van der Waals surface area contributed by atoms with Crippen molar-refractivity contribution in [1.82, 2.24) is 0 Å². The molecule has 1 heteroatoms. The van der Waals surface area contributed by atoms with Crippen molar-refractivity contribution in [3.63, 3.8) is 0 Å². The average molecular weight is 174 g/mol. The lowest BCUT2D eigenvalue weighted by Crippen LogP contribution is -1.83. The summed E-state index contributed by atoms with van der Waals surface area (Å²) in [5, 5.41) is 0. The number of allylic oxidation sites excluding steroid dienone is 2. The number of rotatable bonds is 3. The molecule has 1 rings (SSSR count). The lowest BCUT2D eigenvalue weighted by atomic mass is 10.0. The van der Waals surface area contributed by atoms with Crippen molar-refractivity contribution in [1.29, 1.82) is 0 Å². The number of carbonyl (C=O) groups is 1. The Hall–Kier alpha value is -1.37. The predicted molar refractivity (Wildman–Crippen MR) is 55.5 cm³/mol. The van der Waals surface area contributed by atoms with E-state index in [1.165, 1.54) is 5.56 Å². The molecule has 0 aromatic heterocycles. The Morgan fingerprint density at radius 1 is 1.31 bits per heavy atom. The third-order valence-corrected chi connectivity index (χ3v) is 2.07. The molecule has 0 saturated carbocycles. The van der Waals surface area contributed by atoms with Crippen molar-refractivity contribution in [2.75, 3.05) is 0 Å². The molecule has 0 N–H and O–H groups in total. The molecule has 0 spiro atoms. The van der Waals surface area contributed by atoms with Crippen LogP contribution >= 0.6 is 0 Å².